The minimum absolute atomic E-state index is 0.0129. The number of fused-ring (bicyclic) bond motifs is 1. The smallest absolute Gasteiger partial charge is 0.423 e. The molecule has 0 aliphatic heterocycles. The Labute approximate surface area is 288 Å². The fraction of sp³-hybridized carbons (Fsp3) is 0.541. The predicted octanol–water partition coefficient (Wildman–Crippen LogP) is 9.05. The quantitative estimate of drug-likeness (QED) is 0.193. The van der Waals surface area contributed by atoms with E-state index in [-0.39, 0.29) is 29.0 Å². The van der Waals surface area contributed by atoms with Crippen molar-refractivity contribution in [1.29, 1.82) is 0 Å². The molecule has 1 saturated carbocycles. The van der Waals surface area contributed by atoms with Gasteiger partial charge in [0.1, 0.15) is 23.2 Å². The van der Waals surface area contributed by atoms with Gasteiger partial charge in [-0.1, -0.05) is 78.1 Å². The first-order chi connectivity index (χ1) is 23.5. The number of carbonyl (C=O) groups is 1. The average molecular weight is 692 g/mol. The van der Waals surface area contributed by atoms with Gasteiger partial charge in [0.2, 0.25) is 11.8 Å². The molecule has 3 aromatic rings. The molecular formula is C37H53F4N5O3. The molecule has 8 nitrogen and oxygen atoms in total. The van der Waals surface area contributed by atoms with E-state index in [9.17, 15) is 18.0 Å². The minimum Gasteiger partial charge on any atom is -0.495 e. The zero-order valence-electron chi connectivity index (χ0n) is 30.1. The van der Waals surface area contributed by atoms with Crippen LogP contribution in [0.15, 0.2) is 42.6 Å². The van der Waals surface area contributed by atoms with E-state index in [0.29, 0.717) is 25.1 Å². The van der Waals surface area contributed by atoms with Crippen LogP contribution in [0.3, 0.4) is 0 Å². The summed E-state index contributed by atoms with van der Waals surface area (Å²) in [5, 5.41) is 8.68. The molecule has 2 aliphatic carbocycles. The number of anilines is 2. The third-order valence-electron chi connectivity index (χ3n) is 8.18. The van der Waals surface area contributed by atoms with Gasteiger partial charge in [-0.2, -0.15) is 18.2 Å². The zero-order valence-corrected chi connectivity index (χ0v) is 30.1. The van der Waals surface area contributed by atoms with E-state index in [0.717, 1.165) is 49.3 Å². The van der Waals surface area contributed by atoms with E-state index in [1.54, 1.807) is 0 Å². The van der Waals surface area contributed by atoms with Crippen molar-refractivity contribution in [2.75, 3.05) is 19.5 Å². The first-order valence-corrected chi connectivity index (χ1v) is 17.3. The SMILES string of the molecule is CC.CC.CCC(C)NC.COc1cc(C(=O)NC2CCCCC2)c(F)cc1Nc1ncc(C(F)(F)F)c(OC2Cc3ccccc3C2)n1. The molecule has 49 heavy (non-hydrogen) atoms. The fourth-order valence-corrected chi connectivity index (χ4v) is 5.30. The molecule has 0 bridgehead atoms. The molecule has 1 fully saturated rings. The number of hydrogen-bond acceptors (Lipinski definition) is 7. The lowest BCUT2D eigenvalue weighted by molar-refractivity contribution is -0.139. The molecule has 2 aliphatic rings. The summed E-state index contributed by atoms with van der Waals surface area (Å²) in [6.07, 6.45) is 2.28. The Kier molecular flexibility index (Phi) is 17.3. The highest BCUT2D eigenvalue weighted by Crippen LogP contribution is 2.38. The number of aromatic nitrogens is 2. The Morgan fingerprint density at radius 2 is 1.63 bits per heavy atom. The monoisotopic (exact) mass is 691 g/mol. The standard InChI is InChI=1S/C28H28F4N4O3.C5H13N.2C2H6/c1-38-24-13-20(25(37)34-18-9-3-2-4-10-18)22(29)14-23(24)35-27-33-15-21(28(30,31)32)26(36-27)39-19-11-16-7-5-6-8-17(16)12-19;1-4-5(2)6-3;2*1-2/h5-8,13-15,18-19H,2-4,9-12H2,1H3,(H,34,37)(H,33,35,36);5-6H,4H2,1-3H3;2*1-2H3. The van der Waals surface area contributed by atoms with Gasteiger partial charge in [0, 0.05) is 37.2 Å². The molecule has 1 heterocycles. The number of methoxy groups -OCH3 is 1. The van der Waals surface area contributed by atoms with Crippen molar-refractivity contribution in [3.63, 3.8) is 0 Å². The van der Waals surface area contributed by atoms with Crippen molar-refractivity contribution < 1.29 is 31.8 Å². The molecule has 2 aromatic carbocycles. The van der Waals surface area contributed by atoms with Crippen LogP contribution in [0.25, 0.3) is 0 Å². The number of ether oxygens (including phenoxy) is 2. The molecule has 3 N–H and O–H groups in total. The Balaban J connectivity index is 0.000000743. The minimum atomic E-state index is -4.74. The predicted molar refractivity (Wildman–Crippen MR) is 187 cm³/mol. The van der Waals surface area contributed by atoms with Crippen molar-refractivity contribution in [3.8, 4) is 11.6 Å². The first kappa shape index (κ1) is 41.2. The molecule has 0 radical (unpaired) electrons. The largest absolute Gasteiger partial charge is 0.495 e. The van der Waals surface area contributed by atoms with Gasteiger partial charge in [0.05, 0.1) is 18.4 Å². The fourth-order valence-electron chi connectivity index (χ4n) is 5.30. The van der Waals surface area contributed by atoms with Crippen molar-refractivity contribution in [2.45, 2.75) is 117 Å². The normalized spacial score (nSPS) is 14.8. The number of rotatable bonds is 9. The van der Waals surface area contributed by atoms with E-state index in [4.69, 9.17) is 9.47 Å². The lowest BCUT2D eigenvalue weighted by Crippen LogP contribution is -2.36. The maximum absolute atomic E-state index is 15.0. The van der Waals surface area contributed by atoms with Crippen LogP contribution in [0, 0.1) is 5.82 Å². The van der Waals surface area contributed by atoms with Gasteiger partial charge in [-0.05, 0) is 50.4 Å². The van der Waals surface area contributed by atoms with E-state index in [1.807, 2.05) is 59.0 Å². The molecule has 5 rings (SSSR count). The van der Waals surface area contributed by atoms with Gasteiger partial charge >= 0.3 is 6.18 Å². The molecule has 12 heteroatoms. The van der Waals surface area contributed by atoms with Crippen LogP contribution >= 0.6 is 0 Å². The van der Waals surface area contributed by atoms with Crippen molar-refractivity contribution >= 4 is 17.5 Å². The van der Waals surface area contributed by atoms with Gasteiger partial charge in [-0.25, -0.2) is 9.37 Å². The van der Waals surface area contributed by atoms with Gasteiger partial charge in [-0.15, -0.1) is 0 Å². The van der Waals surface area contributed by atoms with Crippen LogP contribution in [-0.4, -0.2) is 48.2 Å². The summed E-state index contributed by atoms with van der Waals surface area (Å²) in [6.45, 7) is 12.3. The molecular weight excluding hydrogens is 638 g/mol. The molecule has 1 aromatic heterocycles. The second-order valence-corrected chi connectivity index (χ2v) is 11.4. The third-order valence-corrected chi connectivity index (χ3v) is 8.18. The van der Waals surface area contributed by atoms with Crippen LogP contribution in [0.2, 0.25) is 0 Å². The molecule has 272 valence electrons. The van der Waals surface area contributed by atoms with Gasteiger partial charge in [0.15, 0.2) is 0 Å². The summed E-state index contributed by atoms with van der Waals surface area (Å²) in [5.41, 5.74) is 0.758. The Bertz CT molecular complexity index is 1420. The Morgan fingerprint density at radius 1 is 1.02 bits per heavy atom. The van der Waals surface area contributed by atoms with Gasteiger partial charge in [0.25, 0.3) is 5.91 Å². The third kappa shape index (κ3) is 12.2. The number of alkyl halides is 3. The van der Waals surface area contributed by atoms with E-state index in [2.05, 4.69) is 39.8 Å². The van der Waals surface area contributed by atoms with Crippen molar-refractivity contribution in [3.05, 3.63) is 70.7 Å². The summed E-state index contributed by atoms with van der Waals surface area (Å²) in [6, 6.07) is 10.5. The number of halogens is 4. The molecule has 1 unspecified atom stereocenters. The van der Waals surface area contributed by atoms with E-state index in [1.165, 1.54) is 19.6 Å². The Hall–Kier alpha value is -3.93. The highest BCUT2D eigenvalue weighted by atomic mass is 19.4. The lowest BCUT2D eigenvalue weighted by Gasteiger charge is -2.23. The summed E-state index contributed by atoms with van der Waals surface area (Å²) >= 11 is 0. The van der Waals surface area contributed by atoms with Crippen LogP contribution in [0.4, 0.5) is 29.2 Å². The average Bonchev–Trinajstić information content (AvgIpc) is 3.52. The highest BCUT2D eigenvalue weighted by molar-refractivity contribution is 5.96. The maximum Gasteiger partial charge on any atom is 0.423 e. The molecule has 1 amide bonds. The number of nitrogens with one attached hydrogen (secondary N) is 3. The van der Waals surface area contributed by atoms with Crippen LogP contribution in [0.1, 0.15) is 107 Å². The Morgan fingerprint density at radius 3 is 2.14 bits per heavy atom. The summed E-state index contributed by atoms with van der Waals surface area (Å²) in [7, 11) is 3.31. The van der Waals surface area contributed by atoms with Crippen molar-refractivity contribution in [1.82, 2.24) is 20.6 Å². The number of carbonyl (C=O) groups excluding carboxylic acids is 1. The number of amides is 1. The molecule has 0 spiro atoms. The van der Waals surface area contributed by atoms with E-state index >= 15 is 4.39 Å². The van der Waals surface area contributed by atoms with Gasteiger partial charge < -0.3 is 25.4 Å². The summed E-state index contributed by atoms with van der Waals surface area (Å²) in [5.74, 6) is -2.14. The summed E-state index contributed by atoms with van der Waals surface area (Å²) in [4.78, 5) is 20.5. The lowest BCUT2D eigenvalue weighted by atomic mass is 9.95. The first-order valence-electron chi connectivity index (χ1n) is 17.3. The summed E-state index contributed by atoms with van der Waals surface area (Å²) < 4.78 is 67.2. The zero-order chi connectivity index (χ0) is 36.6. The number of hydrogen-bond donors (Lipinski definition) is 3. The second kappa shape index (κ2) is 20.6. The number of benzene rings is 2. The van der Waals surface area contributed by atoms with E-state index < -0.39 is 35.4 Å². The van der Waals surface area contributed by atoms with Crippen LogP contribution in [0.5, 0.6) is 11.6 Å². The van der Waals surface area contributed by atoms with Gasteiger partial charge in [-0.3, -0.25) is 4.79 Å². The topological polar surface area (TPSA) is 97.4 Å². The van der Waals surface area contributed by atoms with Crippen LogP contribution < -0.4 is 25.4 Å². The molecule has 0 saturated heterocycles. The van der Waals surface area contributed by atoms with Crippen LogP contribution in [-0.2, 0) is 19.0 Å². The molecule has 1 atom stereocenters. The number of nitrogens with zero attached hydrogens (tertiary/aromatic N) is 2. The second-order valence-electron chi connectivity index (χ2n) is 11.4. The van der Waals surface area contributed by atoms with Crippen molar-refractivity contribution in [2.24, 2.45) is 0 Å². The highest BCUT2D eigenvalue weighted by Gasteiger charge is 2.37. The maximum atomic E-state index is 15.0.